The molecule has 3 rings (SSSR count). The lowest BCUT2D eigenvalue weighted by Crippen LogP contribution is -2.24. The number of hydrogen-bond donors (Lipinski definition) is 0. The number of methoxy groups -OCH3 is 1. The highest BCUT2D eigenvalue weighted by Crippen LogP contribution is 2.37. The van der Waals surface area contributed by atoms with Crippen LogP contribution < -0.4 is 9.47 Å². The smallest absolute Gasteiger partial charge is 0.314 e. The third-order valence-electron chi connectivity index (χ3n) is 4.31. The third kappa shape index (κ3) is 3.24. The number of carbonyl (C=O) groups excluding carboxylic acids is 2. The minimum atomic E-state index is -0.463. The van der Waals surface area contributed by atoms with Crippen molar-refractivity contribution in [1.29, 1.82) is 0 Å². The second-order valence-electron chi connectivity index (χ2n) is 5.89. The highest BCUT2D eigenvalue weighted by Gasteiger charge is 2.29. The van der Waals surface area contributed by atoms with Crippen LogP contribution >= 0.6 is 0 Å². The molecule has 0 atom stereocenters. The first-order valence-corrected chi connectivity index (χ1v) is 7.74. The fraction of sp³-hybridized carbons (Fsp3) is 0.529. The fourth-order valence-electron chi connectivity index (χ4n) is 3.15. The molecule has 1 aliphatic heterocycles. The monoisotopic (exact) mass is 304 g/mol. The van der Waals surface area contributed by atoms with Gasteiger partial charge in [0.25, 0.3) is 0 Å². The van der Waals surface area contributed by atoms with E-state index >= 15 is 0 Å². The molecular formula is C17H20O5. The SMILES string of the molecule is COc1ccc(C2CC(=O)OC(=O)C2)cc1OC1CCCC1. The summed E-state index contributed by atoms with van der Waals surface area (Å²) in [7, 11) is 1.61. The lowest BCUT2D eigenvalue weighted by molar-refractivity contribution is -0.163. The summed E-state index contributed by atoms with van der Waals surface area (Å²) in [5.74, 6) is 0.301. The lowest BCUT2D eigenvalue weighted by atomic mass is 9.91. The van der Waals surface area contributed by atoms with Crippen LogP contribution in [-0.2, 0) is 14.3 Å². The highest BCUT2D eigenvalue weighted by molar-refractivity contribution is 5.89. The van der Waals surface area contributed by atoms with Gasteiger partial charge < -0.3 is 14.2 Å². The summed E-state index contributed by atoms with van der Waals surface area (Å²) in [5, 5.41) is 0. The Hall–Kier alpha value is -2.04. The highest BCUT2D eigenvalue weighted by atomic mass is 16.6. The van der Waals surface area contributed by atoms with Crippen LogP contribution in [0.1, 0.15) is 50.0 Å². The van der Waals surface area contributed by atoms with E-state index in [9.17, 15) is 9.59 Å². The van der Waals surface area contributed by atoms with Gasteiger partial charge in [-0.15, -0.1) is 0 Å². The first-order chi connectivity index (χ1) is 10.7. The van der Waals surface area contributed by atoms with Gasteiger partial charge in [0.05, 0.1) is 26.1 Å². The normalized spacial score (nSPS) is 20.0. The molecular weight excluding hydrogens is 284 g/mol. The Balaban J connectivity index is 1.82. The van der Waals surface area contributed by atoms with Crippen LogP contribution in [0.3, 0.4) is 0 Å². The van der Waals surface area contributed by atoms with E-state index < -0.39 is 11.9 Å². The van der Waals surface area contributed by atoms with Gasteiger partial charge in [-0.2, -0.15) is 0 Å². The van der Waals surface area contributed by atoms with Gasteiger partial charge in [0, 0.05) is 5.92 Å². The largest absolute Gasteiger partial charge is 0.493 e. The van der Waals surface area contributed by atoms with Crippen LogP contribution in [0.5, 0.6) is 11.5 Å². The van der Waals surface area contributed by atoms with Crippen LogP contribution in [-0.4, -0.2) is 25.2 Å². The first kappa shape index (κ1) is 14.9. The van der Waals surface area contributed by atoms with Gasteiger partial charge in [0.2, 0.25) is 0 Å². The topological polar surface area (TPSA) is 61.8 Å². The summed E-state index contributed by atoms with van der Waals surface area (Å²) in [6.07, 6.45) is 5.17. The van der Waals surface area contributed by atoms with Crippen molar-refractivity contribution in [2.45, 2.75) is 50.5 Å². The van der Waals surface area contributed by atoms with Crippen LogP contribution in [0.15, 0.2) is 18.2 Å². The zero-order valence-electron chi connectivity index (χ0n) is 12.7. The average Bonchev–Trinajstić information content (AvgIpc) is 2.99. The number of rotatable bonds is 4. The summed E-state index contributed by atoms with van der Waals surface area (Å²) >= 11 is 0. The van der Waals surface area contributed by atoms with Gasteiger partial charge in [-0.3, -0.25) is 9.59 Å². The van der Waals surface area contributed by atoms with Crippen molar-refractivity contribution in [2.24, 2.45) is 0 Å². The first-order valence-electron chi connectivity index (χ1n) is 7.74. The summed E-state index contributed by atoms with van der Waals surface area (Å²) in [5.41, 5.74) is 0.916. The van der Waals surface area contributed by atoms with Gasteiger partial charge in [-0.1, -0.05) is 6.07 Å². The quantitative estimate of drug-likeness (QED) is 0.632. The molecule has 5 nitrogen and oxygen atoms in total. The Morgan fingerprint density at radius 2 is 1.73 bits per heavy atom. The van der Waals surface area contributed by atoms with Gasteiger partial charge >= 0.3 is 11.9 Å². The summed E-state index contributed by atoms with van der Waals surface area (Å²) < 4.78 is 16.0. The van der Waals surface area contributed by atoms with Crippen LogP contribution in [0, 0.1) is 0 Å². The van der Waals surface area contributed by atoms with E-state index in [2.05, 4.69) is 4.74 Å². The molecule has 5 heteroatoms. The van der Waals surface area contributed by atoms with Crippen molar-refractivity contribution in [3.8, 4) is 11.5 Å². The van der Waals surface area contributed by atoms with Crippen molar-refractivity contribution in [2.75, 3.05) is 7.11 Å². The maximum Gasteiger partial charge on any atom is 0.314 e. The molecule has 1 aliphatic carbocycles. The predicted molar refractivity (Wildman–Crippen MR) is 79.0 cm³/mol. The van der Waals surface area contributed by atoms with E-state index in [0.29, 0.717) is 11.5 Å². The lowest BCUT2D eigenvalue weighted by Gasteiger charge is -2.22. The van der Waals surface area contributed by atoms with E-state index in [1.807, 2.05) is 18.2 Å². The van der Waals surface area contributed by atoms with E-state index in [0.717, 1.165) is 18.4 Å². The molecule has 1 heterocycles. The van der Waals surface area contributed by atoms with E-state index in [1.54, 1.807) is 7.11 Å². The Morgan fingerprint density at radius 3 is 2.36 bits per heavy atom. The standard InChI is InChI=1S/C17H20O5/c1-20-14-7-6-11(12-9-16(18)22-17(19)10-12)8-15(14)21-13-4-2-3-5-13/h6-8,12-13H,2-5,9-10H2,1H3. The summed E-state index contributed by atoms with van der Waals surface area (Å²) in [4.78, 5) is 22.9. The molecule has 1 saturated carbocycles. The number of benzene rings is 1. The Labute approximate surface area is 129 Å². The molecule has 0 spiro atoms. The van der Waals surface area contributed by atoms with Gasteiger partial charge in [-0.05, 0) is 43.4 Å². The second kappa shape index (κ2) is 6.38. The van der Waals surface area contributed by atoms with Crippen LogP contribution in [0.2, 0.25) is 0 Å². The molecule has 22 heavy (non-hydrogen) atoms. The van der Waals surface area contributed by atoms with Crippen molar-refractivity contribution in [3.63, 3.8) is 0 Å². The number of ether oxygens (including phenoxy) is 3. The predicted octanol–water partition coefficient (Wildman–Crippen LogP) is 2.96. The molecule has 0 aromatic heterocycles. The van der Waals surface area contributed by atoms with E-state index in [4.69, 9.17) is 9.47 Å². The maximum absolute atomic E-state index is 11.4. The van der Waals surface area contributed by atoms with E-state index in [1.165, 1.54) is 12.8 Å². The maximum atomic E-state index is 11.4. The minimum absolute atomic E-state index is 0.148. The van der Waals surface area contributed by atoms with Crippen molar-refractivity contribution in [1.82, 2.24) is 0 Å². The van der Waals surface area contributed by atoms with Crippen molar-refractivity contribution >= 4 is 11.9 Å². The zero-order valence-corrected chi connectivity index (χ0v) is 12.7. The number of cyclic esters (lactones) is 2. The molecule has 0 N–H and O–H groups in total. The van der Waals surface area contributed by atoms with Crippen LogP contribution in [0.25, 0.3) is 0 Å². The molecule has 1 aromatic rings. The number of esters is 2. The summed E-state index contributed by atoms with van der Waals surface area (Å²) in [6.45, 7) is 0. The summed E-state index contributed by atoms with van der Waals surface area (Å²) in [6, 6.07) is 5.62. The van der Waals surface area contributed by atoms with Gasteiger partial charge in [0.15, 0.2) is 11.5 Å². The van der Waals surface area contributed by atoms with Crippen molar-refractivity contribution < 1.29 is 23.8 Å². The Morgan fingerprint density at radius 1 is 1.05 bits per heavy atom. The fourth-order valence-corrected chi connectivity index (χ4v) is 3.15. The minimum Gasteiger partial charge on any atom is -0.493 e. The van der Waals surface area contributed by atoms with Crippen LogP contribution in [0.4, 0.5) is 0 Å². The third-order valence-corrected chi connectivity index (χ3v) is 4.31. The molecule has 0 unspecified atom stereocenters. The molecule has 1 aromatic carbocycles. The molecule has 2 fully saturated rings. The molecule has 0 amide bonds. The second-order valence-corrected chi connectivity index (χ2v) is 5.89. The Kier molecular flexibility index (Phi) is 4.32. The molecule has 1 saturated heterocycles. The molecule has 0 bridgehead atoms. The average molecular weight is 304 g/mol. The molecule has 118 valence electrons. The van der Waals surface area contributed by atoms with Gasteiger partial charge in [-0.25, -0.2) is 0 Å². The van der Waals surface area contributed by atoms with Gasteiger partial charge in [0.1, 0.15) is 0 Å². The zero-order chi connectivity index (χ0) is 15.5. The van der Waals surface area contributed by atoms with Crippen molar-refractivity contribution in [3.05, 3.63) is 23.8 Å². The molecule has 2 aliphatic rings. The number of hydrogen-bond acceptors (Lipinski definition) is 5. The van der Waals surface area contributed by atoms with E-state index in [-0.39, 0.29) is 24.9 Å². The molecule has 0 radical (unpaired) electrons. The Bertz CT molecular complexity index is 558. The number of carbonyl (C=O) groups is 2.